The van der Waals surface area contributed by atoms with Crippen molar-refractivity contribution in [2.45, 2.75) is 0 Å². The van der Waals surface area contributed by atoms with E-state index in [-0.39, 0.29) is 11.6 Å². The molecule has 2 aromatic carbocycles. The summed E-state index contributed by atoms with van der Waals surface area (Å²) in [5.74, 6) is -1.60. The van der Waals surface area contributed by atoms with Crippen LogP contribution in [0.1, 0.15) is 5.56 Å². The van der Waals surface area contributed by atoms with Crippen LogP contribution in [0.2, 0.25) is 0 Å². The Balaban J connectivity index is 1.72. The van der Waals surface area contributed by atoms with Crippen molar-refractivity contribution in [2.24, 2.45) is 0 Å². The molecule has 0 atom stereocenters. The number of aliphatic carboxylic acids is 1. The van der Waals surface area contributed by atoms with E-state index in [0.717, 1.165) is 41.0 Å². The number of nitrogens with one attached hydrogen (secondary N) is 1. The van der Waals surface area contributed by atoms with E-state index in [2.05, 4.69) is 20.2 Å². The van der Waals surface area contributed by atoms with Gasteiger partial charge in [-0.2, -0.15) is 4.98 Å². The molecular formula is C23H20F2N4O3. The molecule has 1 aliphatic heterocycles. The van der Waals surface area contributed by atoms with Crippen LogP contribution in [0.4, 0.5) is 26.2 Å². The van der Waals surface area contributed by atoms with Gasteiger partial charge >= 0.3 is 5.97 Å². The van der Waals surface area contributed by atoms with E-state index in [1.807, 2.05) is 18.2 Å². The van der Waals surface area contributed by atoms with Crippen LogP contribution in [-0.4, -0.2) is 47.3 Å². The summed E-state index contributed by atoms with van der Waals surface area (Å²) in [6, 6.07) is 10.5. The zero-order chi connectivity index (χ0) is 22.5. The number of nitrogens with zero attached hydrogens (tertiary/aromatic N) is 3. The number of carboxylic acid groups (broad SMARTS) is 1. The highest BCUT2D eigenvalue weighted by atomic mass is 19.1. The van der Waals surface area contributed by atoms with E-state index < -0.39 is 17.6 Å². The molecule has 0 spiro atoms. The van der Waals surface area contributed by atoms with E-state index in [9.17, 15) is 13.6 Å². The zero-order valence-electron chi connectivity index (χ0n) is 17.0. The zero-order valence-corrected chi connectivity index (χ0v) is 17.0. The molecule has 1 fully saturated rings. The quantitative estimate of drug-likeness (QED) is 0.560. The normalized spacial score (nSPS) is 14.0. The molecule has 4 rings (SSSR count). The summed E-state index contributed by atoms with van der Waals surface area (Å²) < 4.78 is 32.5. The lowest BCUT2D eigenvalue weighted by Gasteiger charge is -2.29. The van der Waals surface area contributed by atoms with Gasteiger partial charge < -0.3 is 20.1 Å². The van der Waals surface area contributed by atoms with Crippen LogP contribution in [0.25, 0.3) is 17.2 Å². The van der Waals surface area contributed by atoms with Crippen LogP contribution >= 0.6 is 0 Å². The Kier molecular flexibility index (Phi) is 6.37. The van der Waals surface area contributed by atoms with Crippen LogP contribution in [0.3, 0.4) is 0 Å². The summed E-state index contributed by atoms with van der Waals surface area (Å²) >= 11 is 0. The molecular weight excluding hydrogens is 418 g/mol. The van der Waals surface area contributed by atoms with Crippen molar-refractivity contribution in [3.63, 3.8) is 0 Å². The van der Waals surface area contributed by atoms with Crippen LogP contribution in [0.15, 0.2) is 54.7 Å². The smallest absolute Gasteiger partial charge is 0.328 e. The van der Waals surface area contributed by atoms with Crippen LogP contribution in [-0.2, 0) is 9.53 Å². The molecule has 0 saturated carbocycles. The lowest BCUT2D eigenvalue weighted by molar-refractivity contribution is -0.131. The average molecular weight is 438 g/mol. The van der Waals surface area contributed by atoms with Gasteiger partial charge in [0.1, 0.15) is 17.5 Å². The van der Waals surface area contributed by atoms with E-state index >= 15 is 0 Å². The first-order valence-electron chi connectivity index (χ1n) is 9.92. The van der Waals surface area contributed by atoms with Gasteiger partial charge in [0, 0.05) is 42.7 Å². The lowest BCUT2D eigenvalue weighted by atomic mass is 10.0. The van der Waals surface area contributed by atoms with Crippen molar-refractivity contribution in [1.29, 1.82) is 0 Å². The highest BCUT2D eigenvalue weighted by molar-refractivity contribution is 5.86. The Bertz CT molecular complexity index is 1140. The fraction of sp³-hybridized carbons (Fsp3) is 0.174. The minimum atomic E-state index is -1.03. The molecule has 0 unspecified atom stereocenters. The summed E-state index contributed by atoms with van der Waals surface area (Å²) in [6.45, 7) is 2.33. The van der Waals surface area contributed by atoms with E-state index in [4.69, 9.17) is 9.84 Å². The first-order chi connectivity index (χ1) is 15.5. The van der Waals surface area contributed by atoms with Gasteiger partial charge in [-0.25, -0.2) is 18.6 Å². The first-order valence-corrected chi connectivity index (χ1v) is 9.92. The molecule has 0 amide bonds. The molecule has 0 aliphatic carbocycles. The Morgan fingerprint density at radius 3 is 2.59 bits per heavy atom. The minimum absolute atomic E-state index is 0.196. The van der Waals surface area contributed by atoms with Gasteiger partial charge in [0.15, 0.2) is 0 Å². The first kappa shape index (κ1) is 21.4. The van der Waals surface area contributed by atoms with Gasteiger partial charge in [-0.05, 0) is 35.4 Å². The number of halogens is 2. The number of carboxylic acids is 1. The number of carbonyl (C=O) groups is 1. The predicted octanol–water partition coefficient (Wildman–Crippen LogP) is 4.10. The van der Waals surface area contributed by atoms with Crippen molar-refractivity contribution in [3.8, 4) is 11.1 Å². The summed E-state index contributed by atoms with van der Waals surface area (Å²) in [5, 5.41) is 11.7. The van der Waals surface area contributed by atoms with E-state index in [0.29, 0.717) is 32.1 Å². The van der Waals surface area contributed by atoms with Gasteiger partial charge in [0.2, 0.25) is 5.95 Å². The highest BCUT2D eigenvalue weighted by Gasteiger charge is 2.19. The Morgan fingerprint density at radius 2 is 1.88 bits per heavy atom. The number of anilines is 3. The minimum Gasteiger partial charge on any atom is -0.478 e. The number of rotatable bonds is 6. The third-order valence-corrected chi connectivity index (χ3v) is 4.81. The number of benzene rings is 2. The Labute approximate surface area is 183 Å². The SMILES string of the molecule is O=C(O)C=Cc1cccc(-c2cnc(Nc3cc(F)cc(F)c3)nc2N2CCOCC2)c1. The summed E-state index contributed by atoms with van der Waals surface area (Å²) in [5.41, 5.74) is 2.47. The second kappa shape index (κ2) is 9.52. The van der Waals surface area contributed by atoms with Crippen molar-refractivity contribution in [2.75, 3.05) is 36.5 Å². The van der Waals surface area contributed by atoms with Gasteiger partial charge in [-0.1, -0.05) is 18.2 Å². The standard InChI is InChI=1S/C23H20F2N4O3/c24-17-11-18(25)13-19(12-17)27-23-26-14-20(22(28-23)29-6-8-32-9-7-29)16-3-1-2-15(10-16)4-5-21(30)31/h1-5,10-14H,6-9H2,(H,30,31)(H,26,27,28). The van der Waals surface area contributed by atoms with Gasteiger partial charge in [-0.3, -0.25) is 0 Å². The van der Waals surface area contributed by atoms with Gasteiger partial charge in [-0.15, -0.1) is 0 Å². The van der Waals surface area contributed by atoms with Gasteiger partial charge in [0.25, 0.3) is 0 Å². The Hall–Kier alpha value is -3.85. The number of morpholine rings is 1. The molecule has 1 aromatic heterocycles. The fourth-order valence-corrected chi connectivity index (χ4v) is 3.39. The van der Waals surface area contributed by atoms with E-state index in [1.165, 1.54) is 6.08 Å². The molecule has 2 heterocycles. The van der Waals surface area contributed by atoms with Crippen molar-refractivity contribution in [1.82, 2.24) is 9.97 Å². The third kappa shape index (κ3) is 5.25. The number of ether oxygens (including phenoxy) is 1. The van der Waals surface area contributed by atoms with E-state index in [1.54, 1.807) is 12.3 Å². The van der Waals surface area contributed by atoms with Crippen molar-refractivity contribution in [3.05, 3.63) is 71.9 Å². The summed E-state index contributed by atoms with van der Waals surface area (Å²) in [7, 11) is 0. The van der Waals surface area contributed by atoms with Crippen LogP contribution < -0.4 is 10.2 Å². The van der Waals surface area contributed by atoms with Gasteiger partial charge in [0.05, 0.1) is 13.2 Å². The molecule has 3 aromatic rings. The fourth-order valence-electron chi connectivity index (χ4n) is 3.39. The van der Waals surface area contributed by atoms with Crippen molar-refractivity contribution < 1.29 is 23.4 Å². The summed E-state index contributed by atoms with van der Waals surface area (Å²) in [4.78, 5) is 21.8. The molecule has 0 bridgehead atoms. The molecule has 2 N–H and O–H groups in total. The highest BCUT2D eigenvalue weighted by Crippen LogP contribution is 2.31. The van der Waals surface area contributed by atoms with Crippen molar-refractivity contribution >= 4 is 29.5 Å². The maximum atomic E-state index is 13.6. The van der Waals surface area contributed by atoms with Crippen LogP contribution in [0, 0.1) is 11.6 Å². The average Bonchev–Trinajstić information content (AvgIpc) is 2.78. The maximum Gasteiger partial charge on any atom is 0.328 e. The monoisotopic (exact) mass is 438 g/mol. The maximum absolute atomic E-state index is 13.6. The molecule has 7 nitrogen and oxygen atoms in total. The second-order valence-electron chi connectivity index (χ2n) is 7.11. The second-order valence-corrected chi connectivity index (χ2v) is 7.11. The number of hydrogen-bond acceptors (Lipinski definition) is 6. The molecule has 9 heteroatoms. The topological polar surface area (TPSA) is 87.6 Å². The number of hydrogen-bond donors (Lipinski definition) is 2. The molecule has 1 saturated heterocycles. The summed E-state index contributed by atoms with van der Waals surface area (Å²) in [6.07, 6.45) is 4.22. The Morgan fingerprint density at radius 1 is 1.12 bits per heavy atom. The molecule has 1 aliphatic rings. The number of aromatic nitrogens is 2. The molecule has 0 radical (unpaired) electrons. The lowest BCUT2D eigenvalue weighted by Crippen LogP contribution is -2.37. The van der Waals surface area contributed by atoms with Crippen LogP contribution in [0.5, 0.6) is 0 Å². The predicted molar refractivity (Wildman–Crippen MR) is 117 cm³/mol. The largest absolute Gasteiger partial charge is 0.478 e. The molecule has 32 heavy (non-hydrogen) atoms. The molecule has 164 valence electrons. The third-order valence-electron chi connectivity index (χ3n) is 4.81.